The lowest BCUT2D eigenvalue weighted by Crippen LogP contribution is -2.40. The van der Waals surface area contributed by atoms with E-state index < -0.39 is 11.9 Å². The second kappa shape index (κ2) is 12.6. The Labute approximate surface area is 225 Å². The molecule has 200 valence electrons. The number of hydrogen-bond acceptors (Lipinski definition) is 8. The molecule has 2 aromatic carbocycles. The molecule has 11 heteroatoms. The van der Waals surface area contributed by atoms with Crippen molar-refractivity contribution in [1.29, 1.82) is 0 Å². The molecule has 4 rings (SSSR count). The summed E-state index contributed by atoms with van der Waals surface area (Å²) < 4.78 is 16.1. The van der Waals surface area contributed by atoms with Gasteiger partial charge in [0.1, 0.15) is 25.5 Å². The molecule has 3 aromatic rings. The van der Waals surface area contributed by atoms with Crippen molar-refractivity contribution >= 4 is 35.1 Å². The zero-order valence-electron chi connectivity index (χ0n) is 21.3. The maximum absolute atomic E-state index is 13.6. The Morgan fingerprint density at radius 3 is 2.63 bits per heavy atom. The van der Waals surface area contributed by atoms with Crippen LogP contribution in [0.1, 0.15) is 54.4 Å². The van der Waals surface area contributed by atoms with E-state index >= 15 is 0 Å². The van der Waals surface area contributed by atoms with E-state index in [0.29, 0.717) is 29.6 Å². The number of nitrogens with zero attached hydrogens (tertiary/aromatic N) is 4. The Morgan fingerprint density at radius 2 is 1.87 bits per heavy atom. The van der Waals surface area contributed by atoms with Gasteiger partial charge in [0, 0.05) is 25.6 Å². The van der Waals surface area contributed by atoms with E-state index in [9.17, 15) is 14.4 Å². The lowest BCUT2D eigenvalue weighted by Gasteiger charge is -2.23. The van der Waals surface area contributed by atoms with Crippen molar-refractivity contribution in [1.82, 2.24) is 15.1 Å². The van der Waals surface area contributed by atoms with Crippen molar-refractivity contribution in [3.63, 3.8) is 0 Å². The Morgan fingerprint density at radius 1 is 1.08 bits per heavy atom. The van der Waals surface area contributed by atoms with Crippen LogP contribution < -0.4 is 9.64 Å². The van der Waals surface area contributed by atoms with Crippen LogP contribution in [0.15, 0.2) is 46.9 Å². The van der Waals surface area contributed by atoms with Crippen molar-refractivity contribution in [2.45, 2.75) is 46.2 Å². The van der Waals surface area contributed by atoms with Gasteiger partial charge in [-0.3, -0.25) is 19.3 Å². The minimum absolute atomic E-state index is 0.0977. The van der Waals surface area contributed by atoms with Gasteiger partial charge >= 0.3 is 5.97 Å². The summed E-state index contributed by atoms with van der Waals surface area (Å²) in [6, 6.07) is 12.0. The Kier molecular flexibility index (Phi) is 8.96. The highest BCUT2D eigenvalue weighted by Gasteiger charge is 2.31. The topological polar surface area (TPSA) is 115 Å². The van der Waals surface area contributed by atoms with Gasteiger partial charge in [0.2, 0.25) is 17.7 Å². The minimum Gasteiger partial charge on any atom is -0.490 e. The summed E-state index contributed by atoms with van der Waals surface area (Å²) in [6.45, 7) is 3.90. The van der Waals surface area contributed by atoms with Crippen molar-refractivity contribution in [2.24, 2.45) is 0 Å². The van der Waals surface area contributed by atoms with Crippen LogP contribution in [-0.4, -0.2) is 52.6 Å². The highest BCUT2D eigenvalue weighted by molar-refractivity contribution is 6.34. The Bertz CT molecular complexity index is 1310. The van der Waals surface area contributed by atoms with Gasteiger partial charge in [-0.15, -0.1) is 10.2 Å². The molecule has 1 aliphatic rings. The van der Waals surface area contributed by atoms with Gasteiger partial charge in [0.05, 0.1) is 17.1 Å². The van der Waals surface area contributed by atoms with Crippen LogP contribution in [0.25, 0.3) is 0 Å². The molecule has 0 saturated heterocycles. The number of halogens is 1. The maximum atomic E-state index is 13.6. The van der Waals surface area contributed by atoms with Crippen molar-refractivity contribution in [3.8, 4) is 5.75 Å². The number of amides is 2. The number of ether oxygens (including phenoxy) is 2. The number of anilines is 1. The van der Waals surface area contributed by atoms with E-state index in [4.69, 9.17) is 25.5 Å². The number of unbranched alkanes of at least 4 members (excludes halogenated alkanes) is 1. The molecular weight excluding hydrogens is 512 g/mol. The second-order valence-electron chi connectivity index (χ2n) is 8.79. The van der Waals surface area contributed by atoms with Crippen LogP contribution in [0.3, 0.4) is 0 Å². The molecule has 0 radical (unpaired) electrons. The number of para-hydroxylation sites is 1. The van der Waals surface area contributed by atoms with Gasteiger partial charge < -0.3 is 18.8 Å². The number of hydrogen-bond donors (Lipinski definition) is 0. The van der Waals surface area contributed by atoms with Crippen molar-refractivity contribution in [2.75, 3.05) is 24.7 Å². The SMILES string of the molecule is CCCCc1nnc(CN2Cc3ccccc3N(C(=O)c3ccc(OCCOC(C)=O)cc3Cl)CC2=O)o1. The maximum Gasteiger partial charge on any atom is 0.302 e. The zero-order valence-corrected chi connectivity index (χ0v) is 22.1. The van der Waals surface area contributed by atoms with Crippen LogP contribution in [0.2, 0.25) is 5.02 Å². The number of carbonyl (C=O) groups excluding carboxylic acids is 3. The highest BCUT2D eigenvalue weighted by Crippen LogP contribution is 2.30. The number of benzene rings is 2. The van der Waals surface area contributed by atoms with Crippen molar-refractivity contribution in [3.05, 3.63) is 70.4 Å². The Hall–Kier alpha value is -3.92. The fourth-order valence-electron chi connectivity index (χ4n) is 4.04. The van der Waals surface area contributed by atoms with E-state index in [2.05, 4.69) is 17.1 Å². The van der Waals surface area contributed by atoms with Crippen LogP contribution >= 0.6 is 11.6 Å². The van der Waals surface area contributed by atoms with Crippen molar-refractivity contribution < 1.29 is 28.3 Å². The summed E-state index contributed by atoms with van der Waals surface area (Å²) in [5.41, 5.74) is 1.66. The summed E-state index contributed by atoms with van der Waals surface area (Å²) in [7, 11) is 0. The standard InChI is InChI=1S/C27H29ClN4O6/c1-3-4-9-24-29-30-25(38-24)16-31-15-19-7-5-6-8-23(19)32(17-26(31)34)27(35)21-11-10-20(14-22(21)28)37-13-12-36-18(2)33/h5-8,10-11,14H,3-4,9,12-13,15-17H2,1-2H3. The first-order chi connectivity index (χ1) is 18.4. The van der Waals surface area contributed by atoms with Gasteiger partial charge in [0.15, 0.2) is 0 Å². The van der Waals surface area contributed by atoms with Crippen LogP contribution in [0.4, 0.5) is 5.69 Å². The molecular formula is C27H29ClN4O6. The molecule has 0 bridgehead atoms. The van der Waals surface area contributed by atoms with Crippen LogP contribution in [0.5, 0.6) is 5.75 Å². The first-order valence-electron chi connectivity index (χ1n) is 12.4. The second-order valence-corrected chi connectivity index (χ2v) is 9.20. The quantitative estimate of drug-likeness (QED) is 0.277. The van der Waals surface area contributed by atoms with Gasteiger partial charge in [-0.2, -0.15) is 0 Å². The summed E-state index contributed by atoms with van der Waals surface area (Å²) in [4.78, 5) is 40.8. The smallest absolute Gasteiger partial charge is 0.302 e. The van der Waals surface area contributed by atoms with E-state index in [0.717, 1.165) is 18.4 Å². The van der Waals surface area contributed by atoms with E-state index in [1.165, 1.54) is 17.9 Å². The summed E-state index contributed by atoms with van der Waals surface area (Å²) in [5, 5.41) is 8.35. The molecule has 1 aliphatic heterocycles. The van der Waals surface area contributed by atoms with Gasteiger partial charge in [0.25, 0.3) is 5.91 Å². The number of aromatic nitrogens is 2. The minimum atomic E-state index is -0.413. The fourth-order valence-corrected chi connectivity index (χ4v) is 4.29. The van der Waals surface area contributed by atoms with E-state index in [1.807, 2.05) is 18.2 Å². The number of aryl methyl sites for hydroxylation is 1. The number of carbonyl (C=O) groups is 3. The molecule has 2 heterocycles. The summed E-state index contributed by atoms with van der Waals surface area (Å²) in [5.74, 6) is 0.263. The molecule has 0 atom stereocenters. The fraction of sp³-hybridized carbons (Fsp3) is 0.370. The molecule has 2 amide bonds. The average molecular weight is 541 g/mol. The normalized spacial score (nSPS) is 13.2. The number of esters is 1. The molecule has 0 N–H and O–H groups in total. The van der Waals surface area contributed by atoms with Crippen LogP contribution in [-0.2, 0) is 33.8 Å². The van der Waals surface area contributed by atoms with E-state index in [1.54, 1.807) is 23.1 Å². The molecule has 1 aromatic heterocycles. The summed E-state index contributed by atoms with van der Waals surface area (Å²) >= 11 is 6.45. The predicted molar refractivity (Wildman–Crippen MR) is 139 cm³/mol. The molecule has 0 saturated carbocycles. The van der Waals surface area contributed by atoms with Crippen LogP contribution in [0, 0.1) is 0 Å². The zero-order chi connectivity index (χ0) is 27.1. The molecule has 0 fully saturated rings. The van der Waals surface area contributed by atoms with Gasteiger partial charge in [-0.25, -0.2) is 0 Å². The monoisotopic (exact) mass is 540 g/mol. The molecule has 38 heavy (non-hydrogen) atoms. The molecule has 10 nitrogen and oxygen atoms in total. The molecule has 0 aliphatic carbocycles. The van der Waals surface area contributed by atoms with Gasteiger partial charge in [-0.05, 0) is 36.2 Å². The third kappa shape index (κ3) is 6.69. The molecule has 0 spiro atoms. The average Bonchev–Trinajstić information content (AvgIpc) is 3.29. The largest absolute Gasteiger partial charge is 0.490 e. The highest BCUT2D eigenvalue weighted by atomic mass is 35.5. The predicted octanol–water partition coefficient (Wildman–Crippen LogP) is 4.20. The number of fused-ring (bicyclic) bond motifs is 1. The van der Waals surface area contributed by atoms with E-state index in [-0.39, 0.29) is 49.3 Å². The van der Waals surface area contributed by atoms with Gasteiger partial charge in [-0.1, -0.05) is 43.1 Å². The third-order valence-corrected chi connectivity index (χ3v) is 6.25. The lowest BCUT2D eigenvalue weighted by molar-refractivity contribution is -0.141. The Balaban J connectivity index is 1.51. The first-order valence-corrected chi connectivity index (χ1v) is 12.8. The lowest BCUT2D eigenvalue weighted by atomic mass is 10.1. The third-order valence-electron chi connectivity index (χ3n) is 5.94. The number of rotatable bonds is 10. The molecule has 0 unspecified atom stereocenters. The first kappa shape index (κ1) is 27.1. The summed E-state index contributed by atoms with van der Waals surface area (Å²) in [6.07, 6.45) is 2.65.